The van der Waals surface area contributed by atoms with Gasteiger partial charge in [0.15, 0.2) is 0 Å². The van der Waals surface area contributed by atoms with Gasteiger partial charge in [0.1, 0.15) is 0 Å². The van der Waals surface area contributed by atoms with Gasteiger partial charge in [-0.05, 0) is 18.6 Å². The summed E-state index contributed by atoms with van der Waals surface area (Å²) in [7, 11) is 0. The Morgan fingerprint density at radius 1 is 1.40 bits per heavy atom. The van der Waals surface area contributed by atoms with Crippen LogP contribution in [0, 0.1) is 0 Å². The van der Waals surface area contributed by atoms with Crippen LogP contribution in [-0.4, -0.2) is 47.4 Å². The highest BCUT2D eigenvalue weighted by Gasteiger charge is 2.17. The molecule has 1 aromatic heterocycles. The van der Waals surface area contributed by atoms with Gasteiger partial charge in [0, 0.05) is 25.1 Å². The standard InChI is InChI=1S/C13H15ClN4O2/c14-10-2-3-11(12-9(10)8-15-17-12)16-13(19)18-4-1-6-20-7-5-18/h2-3,8H,1,4-7H2,(H,15,17)(H,16,19). The number of anilines is 1. The van der Waals surface area contributed by atoms with Crippen LogP contribution in [0.3, 0.4) is 0 Å². The van der Waals surface area contributed by atoms with E-state index in [0.717, 1.165) is 17.3 Å². The first-order valence-electron chi connectivity index (χ1n) is 6.51. The molecule has 0 aliphatic carbocycles. The van der Waals surface area contributed by atoms with E-state index in [-0.39, 0.29) is 6.03 Å². The van der Waals surface area contributed by atoms with Gasteiger partial charge in [-0.3, -0.25) is 5.10 Å². The van der Waals surface area contributed by atoms with E-state index in [1.807, 2.05) is 0 Å². The normalized spacial score (nSPS) is 16.1. The van der Waals surface area contributed by atoms with Crippen molar-refractivity contribution in [3.63, 3.8) is 0 Å². The number of nitrogens with one attached hydrogen (secondary N) is 2. The molecule has 0 saturated carbocycles. The summed E-state index contributed by atoms with van der Waals surface area (Å²) in [5, 5.41) is 11.1. The number of ether oxygens (including phenoxy) is 1. The predicted molar refractivity (Wildman–Crippen MR) is 77.1 cm³/mol. The molecular weight excluding hydrogens is 280 g/mol. The second kappa shape index (κ2) is 5.68. The molecule has 0 unspecified atom stereocenters. The average Bonchev–Trinajstić information content (AvgIpc) is 2.78. The number of urea groups is 1. The highest BCUT2D eigenvalue weighted by molar-refractivity contribution is 6.35. The lowest BCUT2D eigenvalue weighted by Gasteiger charge is -2.20. The number of amides is 2. The molecular formula is C13H15ClN4O2. The monoisotopic (exact) mass is 294 g/mol. The molecule has 2 heterocycles. The van der Waals surface area contributed by atoms with Gasteiger partial charge >= 0.3 is 6.03 Å². The maximum atomic E-state index is 12.3. The number of nitrogens with zero attached hydrogens (tertiary/aromatic N) is 2. The highest BCUT2D eigenvalue weighted by atomic mass is 35.5. The largest absolute Gasteiger partial charge is 0.380 e. The van der Waals surface area contributed by atoms with Gasteiger partial charge in [-0.15, -0.1) is 0 Å². The van der Waals surface area contributed by atoms with Gasteiger partial charge in [0.2, 0.25) is 0 Å². The van der Waals surface area contributed by atoms with Gasteiger partial charge in [-0.25, -0.2) is 4.79 Å². The number of benzene rings is 1. The third-order valence-electron chi connectivity index (χ3n) is 3.31. The summed E-state index contributed by atoms with van der Waals surface area (Å²) < 4.78 is 5.34. The van der Waals surface area contributed by atoms with Crippen LogP contribution >= 0.6 is 11.6 Å². The summed E-state index contributed by atoms with van der Waals surface area (Å²) in [4.78, 5) is 14.0. The van der Waals surface area contributed by atoms with Gasteiger partial charge in [-0.2, -0.15) is 5.10 Å². The molecule has 1 saturated heterocycles. The number of rotatable bonds is 1. The number of H-pyrrole nitrogens is 1. The van der Waals surface area contributed by atoms with Crippen molar-refractivity contribution >= 4 is 34.2 Å². The van der Waals surface area contributed by atoms with Crippen LogP contribution in [-0.2, 0) is 4.74 Å². The number of hydrogen-bond acceptors (Lipinski definition) is 3. The Morgan fingerprint density at radius 3 is 3.20 bits per heavy atom. The number of carbonyl (C=O) groups is 1. The average molecular weight is 295 g/mol. The third-order valence-corrected chi connectivity index (χ3v) is 3.64. The van der Waals surface area contributed by atoms with E-state index < -0.39 is 0 Å². The van der Waals surface area contributed by atoms with Gasteiger partial charge in [0.25, 0.3) is 0 Å². The molecule has 2 aromatic rings. The Balaban J connectivity index is 1.80. The molecule has 20 heavy (non-hydrogen) atoms. The van der Waals surface area contributed by atoms with Crippen LogP contribution in [0.2, 0.25) is 5.02 Å². The zero-order chi connectivity index (χ0) is 13.9. The molecule has 2 amide bonds. The van der Waals surface area contributed by atoms with E-state index in [2.05, 4.69) is 15.5 Å². The van der Waals surface area contributed by atoms with Crippen molar-refractivity contribution in [1.29, 1.82) is 0 Å². The summed E-state index contributed by atoms with van der Waals surface area (Å²) in [6.07, 6.45) is 2.50. The van der Waals surface area contributed by atoms with Gasteiger partial charge in [-0.1, -0.05) is 11.6 Å². The first kappa shape index (κ1) is 13.2. The fourth-order valence-electron chi connectivity index (χ4n) is 2.25. The summed E-state index contributed by atoms with van der Waals surface area (Å²) in [5.74, 6) is 0. The molecule has 0 radical (unpaired) electrons. The zero-order valence-electron chi connectivity index (χ0n) is 10.9. The molecule has 106 valence electrons. The Kier molecular flexibility index (Phi) is 3.75. The molecule has 1 aliphatic rings. The van der Waals surface area contributed by atoms with Crippen molar-refractivity contribution in [1.82, 2.24) is 15.1 Å². The van der Waals surface area contributed by atoms with Crippen LogP contribution in [0.4, 0.5) is 10.5 Å². The molecule has 1 fully saturated rings. The molecule has 3 rings (SSSR count). The molecule has 6 nitrogen and oxygen atoms in total. The molecule has 1 aromatic carbocycles. The summed E-state index contributed by atoms with van der Waals surface area (Å²) in [5.41, 5.74) is 1.41. The lowest BCUT2D eigenvalue weighted by atomic mass is 10.2. The van der Waals surface area contributed by atoms with E-state index in [9.17, 15) is 4.79 Å². The topological polar surface area (TPSA) is 70.2 Å². The number of aromatic amines is 1. The fraction of sp³-hybridized carbons (Fsp3) is 0.385. The first-order chi connectivity index (χ1) is 9.75. The van der Waals surface area contributed by atoms with E-state index in [4.69, 9.17) is 16.3 Å². The molecule has 0 bridgehead atoms. The number of hydrogen-bond donors (Lipinski definition) is 2. The number of halogens is 1. The Morgan fingerprint density at radius 2 is 2.30 bits per heavy atom. The highest BCUT2D eigenvalue weighted by Crippen LogP contribution is 2.28. The first-order valence-corrected chi connectivity index (χ1v) is 6.89. The van der Waals surface area contributed by atoms with Crippen LogP contribution in [0.25, 0.3) is 10.9 Å². The van der Waals surface area contributed by atoms with Crippen molar-refractivity contribution in [2.45, 2.75) is 6.42 Å². The molecule has 2 N–H and O–H groups in total. The van der Waals surface area contributed by atoms with E-state index >= 15 is 0 Å². The Hall–Kier alpha value is -1.79. The molecule has 1 aliphatic heterocycles. The molecule has 0 spiro atoms. The second-order valence-corrected chi connectivity index (χ2v) is 5.04. The van der Waals surface area contributed by atoms with Crippen molar-refractivity contribution in [3.8, 4) is 0 Å². The molecule has 0 atom stereocenters. The van der Waals surface area contributed by atoms with Crippen LogP contribution in [0.15, 0.2) is 18.3 Å². The Labute approximate surface area is 121 Å². The number of carbonyl (C=O) groups excluding carboxylic acids is 1. The van der Waals surface area contributed by atoms with E-state index in [0.29, 0.717) is 37.0 Å². The van der Waals surface area contributed by atoms with Crippen LogP contribution in [0.1, 0.15) is 6.42 Å². The van der Waals surface area contributed by atoms with Gasteiger partial charge in [0.05, 0.1) is 29.0 Å². The number of aromatic nitrogens is 2. The summed E-state index contributed by atoms with van der Waals surface area (Å²) in [6, 6.07) is 3.39. The van der Waals surface area contributed by atoms with E-state index in [1.165, 1.54) is 0 Å². The maximum absolute atomic E-state index is 12.3. The smallest absolute Gasteiger partial charge is 0.321 e. The number of fused-ring (bicyclic) bond motifs is 1. The summed E-state index contributed by atoms with van der Waals surface area (Å²) >= 11 is 6.08. The van der Waals surface area contributed by atoms with Crippen LogP contribution < -0.4 is 5.32 Å². The van der Waals surface area contributed by atoms with Gasteiger partial charge < -0.3 is 15.0 Å². The quantitative estimate of drug-likeness (QED) is 0.849. The minimum Gasteiger partial charge on any atom is -0.380 e. The minimum atomic E-state index is -0.131. The van der Waals surface area contributed by atoms with Crippen molar-refractivity contribution in [2.75, 3.05) is 31.6 Å². The van der Waals surface area contributed by atoms with Crippen LogP contribution in [0.5, 0.6) is 0 Å². The fourth-order valence-corrected chi connectivity index (χ4v) is 2.46. The SMILES string of the molecule is O=C(Nc1ccc(Cl)c2cn[nH]c12)N1CCCOCC1. The van der Waals surface area contributed by atoms with Crippen molar-refractivity contribution < 1.29 is 9.53 Å². The maximum Gasteiger partial charge on any atom is 0.321 e. The lowest BCUT2D eigenvalue weighted by molar-refractivity contribution is 0.144. The lowest BCUT2D eigenvalue weighted by Crippen LogP contribution is -2.36. The zero-order valence-corrected chi connectivity index (χ0v) is 11.6. The van der Waals surface area contributed by atoms with E-state index in [1.54, 1.807) is 23.2 Å². The third kappa shape index (κ3) is 2.57. The predicted octanol–water partition coefficient (Wildman–Crippen LogP) is 2.47. The van der Waals surface area contributed by atoms with Crippen molar-refractivity contribution in [3.05, 3.63) is 23.4 Å². The molecule has 7 heteroatoms. The Bertz CT molecular complexity index is 620. The minimum absolute atomic E-state index is 0.131. The summed E-state index contributed by atoms with van der Waals surface area (Å²) in [6.45, 7) is 2.58. The van der Waals surface area contributed by atoms with Crippen molar-refractivity contribution in [2.24, 2.45) is 0 Å². The second-order valence-electron chi connectivity index (χ2n) is 4.64.